The number of nitrogens with two attached hydrogens (primary N) is 1. The van der Waals surface area contributed by atoms with Gasteiger partial charge in [0.1, 0.15) is 0 Å². The van der Waals surface area contributed by atoms with Crippen LogP contribution in [-0.2, 0) is 10.2 Å². The summed E-state index contributed by atoms with van der Waals surface area (Å²) < 4.78 is 5.60. The van der Waals surface area contributed by atoms with Crippen molar-refractivity contribution in [3.05, 3.63) is 35.9 Å². The van der Waals surface area contributed by atoms with Gasteiger partial charge in [-0.3, -0.25) is 0 Å². The highest BCUT2D eigenvalue weighted by molar-refractivity contribution is 5.29. The fourth-order valence-electron chi connectivity index (χ4n) is 4.09. The lowest BCUT2D eigenvalue weighted by atomic mass is 9.65. The molecule has 1 heterocycles. The van der Waals surface area contributed by atoms with Crippen molar-refractivity contribution < 1.29 is 4.74 Å². The first kappa shape index (κ1) is 13.1. The van der Waals surface area contributed by atoms with Crippen LogP contribution in [0.5, 0.6) is 0 Å². The lowest BCUT2D eigenvalue weighted by molar-refractivity contribution is 0.0315. The molecule has 1 atom stereocenters. The molecular weight excluding hydrogens is 234 g/mol. The van der Waals surface area contributed by atoms with Crippen molar-refractivity contribution in [1.29, 1.82) is 0 Å². The second-order valence-electron chi connectivity index (χ2n) is 6.20. The number of ether oxygens (including phenoxy) is 1. The third kappa shape index (κ3) is 2.44. The van der Waals surface area contributed by atoms with Gasteiger partial charge in [-0.25, -0.2) is 0 Å². The van der Waals surface area contributed by atoms with Crippen LogP contribution in [0.2, 0.25) is 0 Å². The fourth-order valence-corrected chi connectivity index (χ4v) is 4.09. The first-order chi connectivity index (χ1) is 9.33. The molecule has 1 aliphatic heterocycles. The van der Waals surface area contributed by atoms with E-state index >= 15 is 0 Å². The van der Waals surface area contributed by atoms with Crippen LogP contribution >= 0.6 is 0 Å². The number of hydrogen-bond donors (Lipinski definition) is 1. The lowest BCUT2D eigenvalue weighted by Crippen LogP contribution is -2.52. The quantitative estimate of drug-likeness (QED) is 0.904. The van der Waals surface area contributed by atoms with Crippen molar-refractivity contribution in [2.45, 2.75) is 50.0 Å². The molecule has 0 bridgehead atoms. The molecule has 2 heteroatoms. The fraction of sp³-hybridized carbons (Fsp3) is 0.647. The molecule has 2 N–H and O–H groups in total. The molecule has 1 aromatic rings. The molecule has 3 rings (SSSR count). The van der Waals surface area contributed by atoms with Gasteiger partial charge in [0.05, 0.1) is 0 Å². The summed E-state index contributed by atoms with van der Waals surface area (Å²) >= 11 is 0. The van der Waals surface area contributed by atoms with Gasteiger partial charge in [0.15, 0.2) is 0 Å². The van der Waals surface area contributed by atoms with Crippen molar-refractivity contribution in [3.63, 3.8) is 0 Å². The Morgan fingerprint density at radius 1 is 1.05 bits per heavy atom. The van der Waals surface area contributed by atoms with E-state index in [-0.39, 0.29) is 5.41 Å². The Morgan fingerprint density at radius 2 is 1.68 bits per heavy atom. The first-order valence-corrected chi connectivity index (χ1v) is 7.72. The van der Waals surface area contributed by atoms with Crippen LogP contribution in [0, 0.1) is 5.92 Å². The van der Waals surface area contributed by atoms with Crippen LogP contribution in [0.4, 0.5) is 0 Å². The minimum absolute atomic E-state index is 0.147. The highest BCUT2D eigenvalue weighted by Crippen LogP contribution is 2.43. The van der Waals surface area contributed by atoms with Crippen LogP contribution in [0.3, 0.4) is 0 Å². The highest BCUT2D eigenvalue weighted by atomic mass is 16.5. The topological polar surface area (TPSA) is 35.2 Å². The van der Waals surface area contributed by atoms with Crippen LogP contribution in [0.25, 0.3) is 0 Å². The Kier molecular flexibility index (Phi) is 3.90. The molecule has 2 nitrogen and oxygen atoms in total. The van der Waals surface area contributed by atoms with Gasteiger partial charge < -0.3 is 10.5 Å². The first-order valence-electron chi connectivity index (χ1n) is 7.72. The zero-order valence-corrected chi connectivity index (χ0v) is 11.7. The molecule has 0 spiro atoms. The summed E-state index contributed by atoms with van der Waals surface area (Å²) in [5.41, 5.74) is 8.34. The molecule has 2 fully saturated rings. The Balaban J connectivity index is 1.91. The molecule has 0 aromatic heterocycles. The highest BCUT2D eigenvalue weighted by Gasteiger charge is 2.43. The number of rotatable bonds is 3. The van der Waals surface area contributed by atoms with E-state index in [1.165, 1.54) is 31.2 Å². The molecule has 1 unspecified atom stereocenters. The molecule has 1 saturated carbocycles. The molecule has 2 aliphatic rings. The Morgan fingerprint density at radius 3 is 2.32 bits per heavy atom. The summed E-state index contributed by atoms with van der Waals surface area (Å²) in [7, 11) is 0. The molecule has 0 amide bonds. The van der Waals surface area contributed by atoms with Crippen molar-refractivity contribution in [2.24, 2.45) is 11.7 Å². The second kappa shape index (κ2) is 5.64. The zero-order valence-electron chi connectivity index (χ0n) is 11.7. The van der Waals surface area contributed by atoms with Crippen LogP contribution in [-0.4, -0.2) is 19.3 Å². The van der Waals surface area contributed by atoms with Crippen LogP contribution in [0.15, 0.2) is 30.3 Å². The van der Waals surface area contributed by atoms with E-state index in [4.69, 9.17) is 10.5 Å². The lowest BCUT2D eigenvalue weighted by Gasteiger charge is -2.45. The minimum atomic E-state index is 0.147. The van der Waals surface area contributed by atoms with Gasteiger partial charge in [-0.15, -0.1) is 0 Å². The summed E-state index contributed by atoms with van der Waals surface area (Å²) in [6.07, 6.45) is 7.51. The predicted molar refractivity (Wildman–Crippen MR) is 78.1 cm³/mol. The normalized spacial score (nSPS) is 25.3. The van der Waals surface area contributed by atoms with E-state index in [1.54, 1.807) is 0 Å². The van der Waals surface area contributed by atoms with E-state index in [2.05, 4.69) is 30.3 Å². The predicted octanol–water partition coefficient (Wildman–Crippen LogP) is 3.25. The van der Waals surface area contributed by atoms with Crippen molar-refractivity contribution in [1.82, 2.24) is 0 Å². The smallest absolute Gasteiger partial charge is 0.0475 e. The maximum atomic E-state index is 6.77. The van der Waals surface area contributed by atoms with Gasteiger partial charge >= 0.3 is 0 Å². The SMILES string of the molecule is NC(C1CCCC1)C1(c2ccccc2)CCOCC1. The zero-order chi connectivity index (χ0) is 13.1. The Hall–Kier alpha value is -0.860. The standard InChI is InChI=1S/C17H25NO/c18-16(14-6-4-5-7-14)17(10-12-19-13-11-17)15-8-2-1-3-9-15/h1-3,8-9,14,16H,4-7,10-13,18H2. The average molecular weight is 259 g/mol. The molecular formula is C17H25NO. The third-order valence-electron chi connectivity index (χ3n) is 5.28. The van der Waals surface area contributed by atoms with Gasteiger partial charge in [-0.1, -0.05) is 43.2 Å². The van der Waals surface area contributed by atoms with E-state index in [0.717, 1.165) is 26.1 Å². The average Bonchev–Trinajstić information content (AvgIpc) is 3.02. The summed E-state index contributed by atoms with van der Waals surface area (Å²) in [6.45, 7) is 1.71. The van der Waals surface area contributed by atoms with E-state index < -0.39 is 0 Å². The van der Waals surface area contributed by atoms with E-state index in [1.807, 2.05) is 0 Å². The molecule has 1 aromatic carbocycles. The summed E-state index contributed by atoms with van der Waals surface area (Å²) in [5.74, 6) is 0.707. The van der Waals surface area contributed by atoms with Gasteiger partial charge in [0, 0.05) is 24.7 Å². The van der Waals surface area contributed by atoms with E-state index in [9.17, 15) is 0 Å². The third-order valence-corrected chi connectivity index (χ3v) is 5.28. The van der Waals surface area contributed by atoms with Crippen molar-refractivity contribution >= 4 is 0 Å². The largest absolute Gasteiger partial charge is 0.381 e. The second-order valence-corrected chi connectivity index (χ2v) is 6.20. The van der Waals surface area contributed by atoms with Gasteiger partial charge in [-0.05, 0) is 37.2 Å². The van der Waals surface area contributed by atoms with Crippen LogP contribution < -0.4 is 5.73 Å². The van der Waals surface area contributed by atoms with Crippen molar-refractivity contribution in [3.8, 4) is 0 Å². The van der Waals surface area contributed by atoms with Crippen molar-refractivity contribution in [2.75, 3.05) is 13.2 Å². The van der Waals surface area contributed by atoms with Crippen LogP contribution in [0.1, 0.15) is 44.1 Å². The minimum Gasteiger partial charge on any atom is -0.381 e. The summed E-state index contributed by atoms with van der Waals surface area (Å²) in [6, 6.07) is 11.2. The molecule has 1 saturated heterocycles. The van der Waals surface area contributed by atoms with Gasteiger partial charge in [0.25, 0.3) is 0 Å². The monoisotopic (exact) mass is 259 g/mol. The maximum absolute atomic E-state index is 6.77. The molecule has 104 valence electrons. The maximum Gasteiger partial charge on any atom is 0.0475 e. The van der Waals surface area contributed by atoms with Gasteiger partial charge in [0.2, 0.25) is 0 Å². The van der Waals surface area contributed by atoms with E-state index in [0.29, 0.717) is 12.0 Å². The Labute approximate surface area is 116 Å². The summed E-state index contributed by atoms with van der Waals surface area (Å²) in [5, 5.41) is 0. The molecule has 19 heavy (non-hydrogen) atoms. The molecule has 1 aliphatic carbocycles. The van der Waals surface area contributed by atoms with Gasteiger partial charge in [-0.2, -0.15) is 0 Å². The number of hydrogen-bond acceptors (Lipinski definition) is 2. The summed E-state index contributed by atoms with van der Waals surface area (Å²) in [4.78, 5) is 0. The Bertz CT molecular complexity index is 391. The number of benzene rings is 1. The molecule has 0 radical (unpaired) electrons.